The Morgan fingerprint density at radius 3 is 2.92 bits per heavy atom. The topological polar surface area (TPSA) is 55.0 Å². The van der Waals surface area contributed by atoms with E-state index in [2.05, 4.69) is 9.97 Å². The van der Waals surface area contributed by atoms with Gasteiger partial charge in [-0.05, 0) is 62.0 Å². The van der Waals surface area contributed by atoms with Crippen LogP contribution in [-0.2, 0) is 6.42 Å². The third-order valence-electron chi connectivity index (χ3n) is 5.95. The van der Waals surface area contributed by atoms with Gasteiger partial charge in [0.15, 0.2) is 0 Å². The molecule has 3 atom stereocenters. The van der Waals surface area contributed by atoms with Crippen LogP contribution in [0.4, 0.5) is 0 Å². The van der Waals surface area contributed by atoms with Crippen LogP contribution in [0.5, 0.6) is 5.75 Å². The molecule has 0 aliphatic heterocycles. The number of hydrogen-bond acceptors (Lipinski definition) is 3. The summed E-state index contributed by atoms with van der Waals surface area (Å²) in [6.45, 7) is 0. The maximum absolute atomic E-state index is 12.2. The van der Waals surface area contributed by atoms with Crippen molar-refractivity contribution < 1.29 is 4.74 Å². The quantitative estimate of drug-likeness (QED) is 0.780. The van der Waals surface area contributed by atoms with Crippen LogP contribution in [0.3, 0.4) is 0 Å². The van der Waals surface area contributed by atoms with E-state index in [1.54, 1.807) is 7.11 Å². The van der Waals surface area contributed by atoms with E-state index in [0.29, 0.717) is 5.69 Å². The van der Waals surface area contributed by atoms with Gasteiger partial charge < -0.3 is 9.72 Å². The molecule has 2 fully saturated rings. The fourth-order valence-corrected chi connectivity index (χ4v) is 4.46. The fraction of sp³-hybridized carbons (Fsp3) is 0.600. The maximum Gasteiger partial charge on any atom is 0.270 e. The van der Waals surface area contributed by atoms with Crippen molar-refractivity contribution in [2.24, 2.45) is 17.8 Å². The van der Waals surface area contributed by atoms with Crippen LogP contribution in [0.15, 0.2) is 23.0 Å². The zero-order valence-electron chi connectivity index (χ0n) is 14.4. The molecule has 1 heterocycles. The highest BCUT2D eigenvalue weighted by Crippen LogP contribution is 2.56. The normalized spacial score (nSPS) is 25.0. The Morgan fingerprint density at radius 1 is 1.25 bits per heavy atom. The zero-order valence-corrected chi connectivity index (χ0v) is 14.4. The van der Waals surface area contributed by atoms with Crippen LogP contribution in [0.2, 0.25) is 0 Å². The lowest BCUT2D eigenvalue weighted by Crippen LogP contribution is -2.15. The first-order valence-corrected chi connectivity index (χ1v) is 9.31. The summed E-state index contributed by atoms with van der Waals surface area (Å²) in [6.07, 6.45) is 10.2. The number of rotatable bonds is 7. The van der Waals surface area contributed by atoms with Gasteiger partial charge in [-0.1, -0.05) is 19.3 Å². The smallest absolute Gasteiger partial charge is 0.270 e. The molecule has 128 valence electrons. The minimum atomic E-state index is -0.0626. The average Bonchev–Trinajstić information content (AvgIpc) is 3.27. The number of aryl methyl sites for hydroxylation is 1. The SMILES string of the molecule is COc1ccc2nc(CCCCC[C@H]3CC[C@@H]4CC34)c(=O)[nH]c2c1. The summed E-state index contributed by atoms with van der Waals surface area (Å²) in [5, 5.41) is 0. The van der Waals surface area contributed by atoms with Gasteiger partial charge in [0.1, 0.15) is 11.4 Å². The second kappa shape index (κ2) is 6.58. The molecule has 0 amide bonds. The van der Waals surface area contributed by atoms with Crippen LogP contribution in [0.1, 0.15) is 50.6 Å². The van der Waals surface area contributed by atoms with Crippen molar-refractivity contribution >= 4 is 11.0 Å². The Balaban J connectivity index is 1.30. The van der Waals surface area contributed by atoms with Crippen LogP contribution in [-0.4, -0.2) is 17.1 Å². The van der Waals surface area contributed by atoms with E-state index in [0.717, 1.165) is 47.4 Å². The number of aromatic nitrogens is 2. The number of H-pyrrole nitrogens is 1. The molecule has 2 saturated carbocycles. The van der Waals surface area contributed by atoms with E-state index in [-0.39, 0.29) is 5.56 Å². The predicted octanol–water partition coefficient (Wildman–Crippen LogP) is 4.08. The summed E-state index contributed by atoms with van der Waals surface area (Å²) < 4.78 is 5.19. The van der Waals surface area contributed by atoms with Gasteiger partial charge in [-0.25, -0.2) is 4.98 Å². The number of nitrogens with zero attached hydrogens (tertiary/aromatic N) is 1. The van der Waals surface area contributed by atoms with Crippen LogP contribution < -0.4 is 10.3 Å². The molecule has 0 saturated heterocycles. The molecular formula is C20H26N2O2. The van der Waals surface area contributed by atoms with Crippen LogP contribution >= 0.6 is 0 Å². The molecule has 2 aliphatic carbocycles. The number of ether oxygens (including phenoxy) is 1. The molecule has 1 unspecified atom stereocenters. The minimum absolute atomic E-state index is 0.0626. The van der Waals surface area contributed by atoms with Crippen molar-refractivity contribution in [1.82, 2.24) is 9.97 Å². The molecule has 0 bridgehead atoms. The number of aromatic amines is 1. The lowest BCUT2D eigenvalue weighted by Gasteiger charge is -2.10. The molecule has 1 aromatic heterocycles. The Morgan fingerprint density at radius 2 is 2.17 bits per heavy atom. The van der Waals surface area contributed by atoms with Gasteiger partial charge in [-0.3, -0.25) is 4.79 Å². The summed E-state index contributed by atoms with van der Waals surface area (Å²) in [5.74, 6) is 3.91. The van der Waals surface area contributed by atoms with Gasteiger partial charge in [0.25, 0.3) is 5.56 Å². The molecule has 1 N–H and O–H groups in total. The first-order chi connectivity index (χ1) is 11.7. The van der Waals surface area contributed by atoms with Gasteiger partial charge in [0.05, 0.1) is 18.1 Å². The van der Waals surface area contributed by atoms with E-state index in [9.17, 15) is 4.79 Å². The second-order valence-electron chi connectivity index (χ2n) is 7.49. The predicted molar refractivity (Wildman–Crippen MR) is 95.4 cm³/mol. The molecule has 24 heavy (non-hydrogen) atoms. The highest BCUT2D eigenvalue weighted by Gasteiger charge is 2.47. The molecule has 4 rings (SSSR count). The summed E-state index contributed by atoms with van der Waals surface area (Å²) >= 11 is 0. The number of nitrogens with one attached hydrogen (secondary N) is 1. The summed E-state index contributed by atoms with van der Waals surface area (Å²) in [4.78, 5) is 19.7. The van der Waals surface area contributed by atoms with Crippen LogP contribution in [0.25, 0.3) is 11.0 Å². The van der Waals surface area contributed by atoms with Crippen molar-refractivity contribution in [3.63, 3.8) is 0 Å². The van der Waals surface area contributed by atoms with Gasteiger partial charge >= 0.3 is 0 Å². The van der Waals surface area contributed by atoms with E-state index in [1.165, 1.54) is 38.5 Å². The molecule has 1 aromatic carbocycles. The Hall–Kier alpha value is -1.84. The number of fused-ring (bicyclic) bond motifs is 2. The third kappa shape index (κ3) is 3.19. The monoisotopic (exact) mass is 326 g/mol. The van der Waals surface area contributed by atoms with E-state index < -0.39 is 0 Å². The van der Waals surface area contributed by atoms with Gasteiger partial charge in [-0.2, -0.15) is 0 Å². The molecular weight excluding hydrogens is 300 g/mol. The molecule has 0 radical (unpaired) electrons. The number of hydrogen-bond donors (Lipinski definition) is 1. The van der Waals surface area contributed by atoms with Crippen molar-refractivity contribution in [2.75, 3.05) is 7.11 Å². The third-order valence-corrected chi connectivity index (χ3v) is 5.95. The van der Waals surface area contributed by atoms with Crippen molar-refractivity contribution in [1.29, 1.82) is 0 Å². The summed E-state index contributed by atoms with van der Waals surface area (Å²) in [5.41, 5.74) is 2.17. The Labute approximate surface area is 142 Å². The van der Waals surface area contributed by atoms with Gasteiger partial charge in [0, 0.05) is 6.07 Å². The van der Waals surface area contributed by atoms with Crippen molar-refractivity contribution in [2.45, 2.75) is 51.4 Å². The van der Waals surface area contributed by atoms with Crippen molar-refractivity contribution in [3.8, 4) is 5.75 Å². The van der Waals surface area contributed by atoms with E-state index in [4.69, 9.17) is 4.74 Å². The highest BCUT2D eigenvalue weighted by molar-refractivity contribution is 5.75. The summed E-state index contributed by atoms with van der Waals surface area (Å²) in [7, 11) is 1.62. The van der Waals surface area contributed by atoms with Crippen molar-refractivity contribution in [3.05, 3.63) is 34.2 Å². The summed E-state index contributed by atoms with van der Waals surface area (Å²) in [6, 6.07) is 5.60. The van der Waals surface area contributed by atoms with Gasteiger partial charge in [-0.15, -0.1) is 0 Å². The maximum atomic E-state index is 12.2. The number of benzene rings is 1. The Kier molecular flexibility index (Phi) is 4.30. The first kappa shape index (κ1) is 15.7. The Bertz CT molecular complexity index is 783. The average molecular weight is 326 g/mol. The number of methoxy groups -OCH3 is 1. The molecule has 4 heteroatoms. The van der Waals surface area contributed by atoms with Crippen LogP contribution in [0, 0.1) is 17.8 Å². The molecule has 0 spiro atoms. The molecule has 4 nitrogen and oxygen atoms in total. The van der Waals surface area contributed by atoms with Gasteiger partial charge in [0.2, 0.25) is 0 Å². The minimum Gasteiger partial charge on any atom is -0.497 e. The first-order valence-electron chi connectivity index (χ1n) is 9.31. The fourth-order valence-electron chi connectivity index (χ4n) is 4.46. The lowest BCUT2D eigenvalue weighted by molar-refractivity contribution is 0.415. The largest absolute Gasteiger partial charge is 0.497 e. The molecule has 2 aromatic rings. The lowest BCUT2D eigenvalue weighted by atomic mass is 9.96. The second-order valence-corrected chi connectivity index (χ2v) is 7.49. The standard InChI is InChI=1S/C20H26N2O2/c1-24-15-9-10-17-19(12-15)22-20(23)18(21-17)6-4-2-3-5-13-7-8-14-11-16(13)14/h9-10,12-14,16H,2-8,11H2,1H3,(H,22,23)/t13-,14+,16?/m0/s1. The molecule has 2 aliphatic rings. The highest BCUT2D eigenvalue weighted by atomic mass is 16.5. The number of unbranched alkanes of at least 4 members (excludes halogenated alkanes) is 2. The zero-order chi connectivity index (χ0) is 16.5. The van der Waals surface area contributed by atoms with E-state index >= 15 is 0 Å². The van der Waals surface area contributed by atoms with E-state index in [1.807, 2.05) is 18.2 Å².